The Morgan fingerprint density at radius 1 is 1.47 bits per heavy atom. The lowest BCUT2D eigenvalue weighted by atomic mass is 10.0. The van der Waals surface area contributed by atoms with Crippen molar-refractivity contribution in [2.24, 2.45) is 11.5 Å². The zero-order valence-corrected chi connectivity index (χ0v) is 10.3. The molecule has 1 heterocycles. The normalized spacial score (nSPS) is 12.1. The molecule has 0 bridgehead atoms. The highest BCUT2D eigenvalue weighted by atomic mass is 35.5. The van der Waals surface area contributed by atoms with Crippen LogP contribution in [0.2, 0.25) is 0 Å². The molecule has 92 valence electrons. The number of halogens is 1. The molecule has 0 spiro atoms. The number of benzene rings is 1. The first kappa shape index (κ1) is 13.5. The fraction of sp³-hybridized carbons (Fsp3) is 0.250. The largest absolute Gasteiger partial charge is 0.464 e. The maximum Gasteiger partial charge on any atom is 0.248 e. The van der Waals surface area contributed by atoms with Crippen molar-refractivity contribution in [3.05, 3.63) is 35.6 Å². The van der Waals surface area contributed by atoms with E-state index >= 15 is 0 Å². The van der Waals surface area contributed by atoms with Crippen LogP contribution in [0.1, 0.15) is 22.8 Å². The highest BCUT2D eigenvalue weighted by Crippen LogP contribution is 2.23. The number of carbonyl (C=O) groups excluding carboxylic acids is 1. The summed E-state index contributed by atoms with van der Waals surface area (Å²) in [6, 6.07) is 5.30. The van der Waals surface area contributed by atoms with Crippen LogP contribution in [0.4, 0.5) is 0 Å². The van der Waals surface area contributed by atoms with Gasteiger partial charge in [-0.2, -0.15) is 0 Å². The Kier molecular flexibility index (Phi) is 4.15. The van der Waals surface area contributed by atoms with Gasteiger partial charge in [0.15, 0.2) is 0 Å². The fourth-order valence-electron chi connectivity index (χ4n) is 1.80. The second kappa shape index (κ2) is 5.21. The molecule has 1 aromatic carbocycles. The summed E-state index contributed by atoms with van der Waals surface area (Å²) < 4.78 is 5.38. The lowest BCUT2D eigenvalue weighted by Crippen LogP contribution is -2.18. The van der Waals surface area contributed by atoms with Crippen molar-refractivity contribution in [3.63, 3.8) is 0 Å². The monoisotopic (exact) mass is 254 g/mol. The number of hydrogen-bond donors (Lipinski definition) is 2. The third kappa shape index (κ3) is 2.78. The first-order valence-electron chi connectivity index (χ1n) is 5.13. The van der Waals surface area contributed by atoms with Crippen molar-refractivity contribution in [1.82, 2.24) is 0 Å². The highest BCUT2D eigenvalue weighted by molar-refractivity contribution is 5.97. The summed E-state index contributed by atoms with van der Waals surface area (Å²) in [4.78, 5) is 11.2. The van der Waals surface area contributed by atoms with E-state index in [1.165, 1.54) is 0 Å². The van der Waals surface area contributed by atoms with Gasteiger partial charge in [-0.1, -0.05) is 0 Å². The van der Waals surface area contributed by atoms with Crippen LogP contribution in [-0.2, 0) is 6.42 Å². The Balaban J connectivity index is 0.00000144. The van der Waals surface area contributed by atoms with E-state index in [0.29, 0.717) is 12.0 Å². The van der Waals surface area contributed by atoms with Crippen molar-refractivity contribution in [1.29, 1.82) is 0 Å². The van der Waals surface area contributed by atoms with E-state index in [1.54, 1.807) is 18.4 Å². The van der Waals surface area contributed by atoms with Gasteiger partial charge in [0, 0.05) is 17.0 Å². The molecule has 1 atom stereocenters. The van der Waals surface area contributed by atoms with Gasteiger partial charge < -0.3 is 15.9 Å². The molecule has 0 radical (unpaired) electrons. The molecule has 1 amide bonds. The molecule has 1 aromatic heterocycles. The SMILES string of the molecule is CC(N)Cc1cc(C(N)=O)cc2ccoc12.Cl. The van der Waals surface area contributed by atoms with Crippen LogP contribution < -0.4 is 11.5 Å². The summed E-state index contributed by atoms with van der Waals surface area (Å²) in [7, 11) is 0. The minimum atomic E-state index is -0.436. The third-order valence-corrected chi connectivity index (χ3v) is 2.45. The van der Waals surface area contributed by atoms with E-state index in [-0.39, 0.29) is 18.4 Å². The molecule has 17 heavy (non-hydrogen) atoms. The average molecular weight is 255 g/mol. The van der Waals surface area contributed by atoms with Crippen LogP contribution in [0.25, 0.3) is 11.0 Å². The summed E-state index contributed by atoms with van der Waals surface area (Å²) in [5, 5.41) is 0.881. The number of carbonyl (C=O) groups is 1. The highest BCUT2D eigenvalue weighted by Gasteiger charge is 2.11. The number of fused-ring (bicyclic) bond motifs is 1. The lowest BCUT2D eigenvalue weighted by molar-refractivity contribution is 0.100. The van der Waals surface area contributed by atoms with Crippen LogP contribution in [0.5, 0.6) is 0 Å². The maximum absolute atomic E-state index is 11.2. The zero-order chi connectivity index (χ0) is 11.7. The molecular formula is C12H15ClN2O2. The fourth-order valence-corrected chi connectivity index (χ4v) is 1.80. The first-order valence-corrected chi connectivity index (χ1v) is 5.13. The summed E-state index contributed by atoms with van der Waals surface area (Å²) in [6.45, 7) is 1.91. The van der Waals surface area contributed by atoms with E-state index in [1.807, 2.05) is 13.0 Å². The van der Waals surface area contributed by atoms with Crippen molar-refractivity contribution >= 4 is 29.3 Å². The zero-order valence-electron chi connectivity index (χ0n) is 9.47. The topological polar surface area (TPSA) is 82.2 Å². The summed E-state index contributed by atoms with van der Waals surface area (Å²) in [5.74, 6) is -0.436. The summed E-state index contributed by atoms with van der Waals surface area (Å²) in [6.07, 6.45) is 2.26. The molecule has 4 N–H and O–H groups in total. The maximum atomic E-state index is 11.2. The van der Waals surface area contributed by atoms with Gasteiger partial charge in [0.05, 0.1) is 6.26 Å². The number of hydrogen-bond acceptors (Lipinski definition) is 3. The Bertz CT molecular complexity index is 534. The van der Waals surface area contributed by atoms with Gasteiger partial charge in [-0.15, -0.1) is 12.4 Å². The predicted molar refractivity (Wildman–Crippen MR) is 69.3 cm³/mol. The minimum absolute atomic E-state index is 0. The van der Waals surface area contributed by atoms with Crippen LogP contribution >= 0.6 is 12.4 Å². The average Bonchev–Trinajstić information content (AvgIpc) is 2.64. The van der Waals surface area contributed by atoms with Gasteiger partial charge in [-0.25, -0.2) is 0 Å². The molecule has 5 heteroatoms. The van der Waals surface area contributed by atoms with Gasteiger partial charge in [0.2, 0.25) is 5.91 Å². The molecule has 0 aliphatic rings. The predicted octanol–water partition coefficient (Wildman–Crippen LogP) is 1.84. The van der Waals surface area contributed by atoms with Crippen LogP contribution in [0.15, 0.2) is 28.9 Å². The molecule has 0 saturated heterocycles. The molecule has 1 unspecified atom stereocenters. The number of rotatable bonds is 3. The summed E-state index contributed by atoms with van der Waals surface area (Å²) >= 11 is 0. The first-order chi connectivity index (χ1) is 7.58. The molecule has 0 saturated carbocycles. The Hall–Kier alpha value is -1.52. The van der Waals surface area contributed by atoms with Crippen molar-refractivity contribution in [3.8, 4) is 0 Å². The lowest BCUT2D eigenvalue weighted by Gasteiger charge is -2.07. The molecular weight excluding hydrogens is 240 g/mol. The molecule has 0 aliphatic heterocycles. The minimum Gasteiger partial charge on any atom is -0.464 e. The Labute approximate surface area is 105 Å². The van der Waals surface area contributed by atoms with Gasteiger partial charge in [-0.05, 0) is 37.1 Å². The second-order valence-electron chi connectivity index (χ2n) is 4.02. The molecule has 0 fully saturated rings. The second-order valence-corrected chi connectivity index (χ2v) is 4.02. The number of amides is 1. The van der Waals surface area contributed by atoms with Crippen molar-refractivity contribution < 1.29 is 9.21 Å². The standard InChI is InChI=1S/C12H14N2O2.ClH/c1-7(13)4-9-6-10(12(14)15)5-8-2-3-16-11(8)9;/h2-3,5-7H,4,13H2,1H3,(H2,14,15);1H. The quantitative estimate of drug-likeness (QED) is 0.877. The van der Waals surface area contributed by atoms with Gasteiger partial charge in [0.1, 0.15) is 5.58 Å². The number of nitrogens with two attached hydrogens (primary N) is 2. The van der Waals surface area contributed by atoms with E-state index in [0.717, 1.165) is 16.5 Å². The number of furan rings is 1. The van der Waals surface area contributed by atoms with Crippen molar-refractivity contribution in [2.45, 2.75) is 19.4 Å². The van der Waals surface area contributed by atoms with E-state index in [4.69, 9.17) is 15.9 Å². The summed E-state index contributed by atoms with van der Waals surface area (Å²) in [5.41, 5.74) is 13.2. The molecule has 4 nitrogen and oxygen atoms in total. The van der Waals surface area contributed by atoms with E-state index in [9.17, 15) is 4.79 Å². The van der Waals surface area contributed by atoms with Crippen molar-refractivity contribution in [2.75, 3.05) is 0 Å². The smallest absolute Gasteiger partial charge is 0.248 e. The third-order valence-electron chi connectivity index (χ3n) is 2.45. The Morgan fingerprint density at radius 3 is 2.76 bits per heavy atom. The molecule has 2 rings (SSSR count). The van der Waals surface area contributed by atoms with Crippen LogP contribution in [0, 0.1) is 0 Å². The molecule has 0 aliphatic carbocycles. The van der Waals surface area contributed by atoms with Gasteiger partial charge in [-0.3, -0.25) is 4.79 Å². The number of primary amides is 1. The molecule has 2 aromatic rings. The van der Waals surface area contributed by atoms with Gasteiger partial charge >= 0.3 is 0 Å². The van der Waals surface area contributed by atoms with Crippen LogP contribution in [0.3, 0.4) is 0 Å². The van der Waals surface area contributed by atoms with Crippen LogP contribution in [-0.4, -0.2) is 11.9 Å². The van der Waals surface area contributed by atoms with Gasteiger partial charge in [0.25, 0.3) is 0 Å². The Morgan fingerprint density at radius 2 is 2.18 bits per heavy atom. The van der Waals surface area contributed by atoms with E-state index in [2.05, 4.69) is 0 Å². The van der Waals surface area contributed by atoms with E-state index < -0.39 is 5.91 Å².